The number of aromatic nitrogens is 2. The van der Waals surface area contributed by atoms with Crippen molar-refractivity contribution in [3.63, 3.8) is 0 Å². The summed E-state index contributed by atoms with van der Waals surface area (Å²) in [5.41, 5.74) is -0.0176. The molecule has 1 spiro atoms. The third-order valence-electron chi connectivity index (χ3n) is 10.3. The van der Waals surface area contributed by atoms with Gasteiger partial charge in [-0.15, -0.1) is 0 Å². The minimum atomic E-state index is -3.62. The van der Waals surface area contributed by atoms with Gasteiger partial charge in [-0.25, -0.2) is 9.78 Å². The van der Waals surface area contributed by atoms with Gasteiger partial charge < -0.3 is 15.0 Å². The lowest BCUT2D eigenvalue weighted by Gasteiger charge is -2.45. The molecule has 1 aromatic heterocycles. The number of nitrogens with one attached hydrogen (secondary N) is 1. The molecule has 2 aliphatic carbocycles. The second kappa shape index (κ2) is 9.75. The van der Waals surface area contributed by atoms with E-state index in [4.69, 9.17) is 9.72 Å². The molecule has 12 nitrogen and oxygen atoms in total. The van der Waals surface area contributed by atoms with Crippen LogP contribution in [0.2, 0.25) is 0 Å². The molecule has 5 fully saturated rings. The standard InChI is InChI=1S/C29H43N7O5S/c1-18-6-5-7-22(18)36-24-21(29(10-11-29)25(36)37)14-30-26(32-24)31-20-8-12-34(13-9-20)42(39,40)35-16-19-15-33(17-23(19)35)27(38)41-28(2,3)4/h14,18-20,22-23H,5-13,15-17H2,1-4H3,(H,30,31,32). The largest absolute Gasteiger partial charge is 0.444 e. The number of piperidine rings is 1. The molecule has 6 aliphatic rings. The fourth-order valence-corrected chi connectivity index (χ4v) is 9.65. The number of hydrogen-bond acceptors (Lipinski definition) is 8. The number of carbonyl (C=O) groups excluding carboxylic acids is 2. The number of nitrogens with zero attached hydrogens (tertiary/aromatic N) is 6. The highest BCUT2D eigenvalue weighted by Crippen LogP contribution is 2.58. The van der Waals surface area contributed by atoms with E-state index in [2.05, 4.69) is 17.2 Å². The minimum Gasteiger partial charge on any atom is -0.444 e. The second-order valence-corrected chi connectivity index (χ2v) is 16.2. The van der Waals surface area contributed by atoms with Crippen LogP contribution in [0.5, 0.6) is 0 Å². The van der Waals surface area contributed by atoms with E-state index in [-0.39, 0.29) is 36.0 Å². The third kappa shape index (κ3) is 4.57. The molecule has 4 unspecified atom stereocenters. The Labute approximate surface area is 248 Å². The van der Waals surface area contributed by atoms with Crippen molar-refractivity contribution in [2.45, 2.75) is 102 Å². The van der Waals surface area contributed by atoms with Gasteiger partial charge in [-0.1, -0.05) is 13.3 Å². The lowest BCUT2D eigenvalue weighted by Crippen LogP contribution is -2.62. The van der Waals surface area contributed by atoms with Crippen LogP contribution in [0, 0.1) is 11.8 Å². The van der Waals surface area contributed by atoms with Crippen molar-refractivity contribution in [1.82, 2.24) is 23.5 Å². The first-order valence-electron chi connectivity index (χ1n) is 15.6. The highest BCUT2D eigenvalue weighted by atomic mass is 32.2. The molecule has 1 N–H and O–H groups in total. The fraction of sp³-hybridized carbons (Fsp3) is 0.793. The van der Waals surface area contributed by atoms with Gasteiger partial charge in [0.1, 0.15) is 11.4 Å². The Morgan fingerprint density at radius 3 is 2.45 bits per heavy atom. The zero-order valence-corrected chi connectivity index (χ0v) is 25.9. The number of anilines is 2. The molecule has 1 aromatic rings. The predicted molar refractivity (Wildman–Crippen MR) is 156 cm³/mol. The van der Waals surface area contributed by atoms with Crippen LogP contribution in [-0.4, -0.2) is 100 Å². The van der Waals surface area contributed by atoms with Crippen LogP contribution >= 0.6 is 0 Å². The molecule has 2 amide bonds. The van der Waals surface area contributed by atoms with E-state index in [1.54, 1.807) is 13.5 Å². The zero-order valence-electron chi connectivity index (χ0n) is 25.1. The summed E-state index contributed by atoms with van der Waals surface area (Å²) >= 11 is 0. The molecule has 13 heteroatoms. The Hall–Kier alpha value is -2.51. The van der Waals surface area contributed by atoms with Gasteiger partial charge in [-0.05, 0) is 65.2 Å². The second-order valence-electron chi connectivity index (χ2n) is 14.3. The Balaban J connectivity index is 0.973. The first kappa shape index (κ1) is 28.3. The van der Waals surface area contributed by atoms with Gasteiger partial charge >= 0.3 is 6.09 Å². The van der Waals surface area contributed by atoms with Gasteiger partial charge in [-0.2, -0.15) is 22.0 Å². The topological polar surface area (TPSA) is 128 Å². The summed E-state index contributed by atoms with van der Waals surface area (Å²) in [5.74, 6) is 2.09. The first-order valence-corrected chi connectivity index (χ1v) is 17.0. The number of carbonyl (C=O) groups is 2. The maximum absolute atomic E-state index is 13.5. The molecule has 42 heavy (non-hydrogen) atoms. The lowest BCUT2D eigenvalue weighted by molar-refractivity contribution is -0.120. The average Bonchev–Trinajstić information content (AvgIpc) is 3.44. The van der Waals surface area contributed by atoms with Gasteiger partial charge in [0.25, 0.3) is 10.2 Å². The van der Waals surface area contributed by atoms with Gasteiger partial charge in [0, 0.05) is 68.5 Å². The quantitative estimate of drug-likeness (QED) is 0.546. The van der Waals surface area contributed by atoms with E-state index in [0.717, 1.165) is 43.5 Å². The van der Waals surface area contributed by atoms with Crippen molar-refractivity contribution in [2.75, 3.05) is 42.9 Å². The lowest BCUT2D eigenvalue weighted by atomic mass is 9.96. The Morgan fingerprint density at radius 2 is 1.81 bits per heavy atom. The summed E-state index contributed by atoms with van der Waals surface area (Å²) in [6, 6.07) is 0.0458. The SMILES string of the molecule is CC1CCCC1N1C(=O)C2(CC2)c2cnc(NC3CCN(S(=O)(=O)N4CC5CN(C(=O)OC(C)(C)C)CC54)CC3)nc21. The van der Waals surface area contributed by atoms with Crippen LogP contribution in [0.1, 0.15) is 78.2 Å². The first-order chi connectivity index (χ1) is 19.9. The zero-order chi connectivity index (χ0) is 29.6. The monoisotopic (exact) mass is 601 g/mol. The Morgan fingerprint density at radius 1 is 1.07 bits per heavy atom. The summed E-state index contributed by atoms with van der Waals surface area (Å²) in [4.78, 5) is 39.2. The fourth-order valence-electron chi connectivity index (χ4n) is 7.72. The van der Waals surface area contributed by atoms with Gasteiger partial charge in [0.15, 0.2) is 0 Å². The number of likely N-dealkylation sites (tertiary alicyclic amines) is 1. The van der Waals surface area contributed by atoms with Crippen LogP contribution in [-0.2, 0) is 25.2 Å². The van der Waals surface area contributed by atoms with Crippen LogP contribution in [0.25, 0.3) is 0 Å². The van der Waals surface area contributed by atoms with Crippen molar-refractivity contribution in [1.29, 1.82) is 0 Å². The highest BCUT2D eigenvalue weighted by Gasteiger charge is 2.62. The number of fused-ring (bicyclic) bond motifs is 3. The molecule has 230 valence electrons. The van der Waals surface area contributed by atoms with E-state index >= 15 is 0 Å². The molecule has 0 aromatic carbocycles. The Kier molecular flexibility index (Phi) is 6.56. The predicted octanol–water partition coefficient (Wildman–Crippen LogP) is 2.72. The Bertz CT molecular complexity index is 1380. The smallest absolute Gasteiger partial charge is 0.410 e. The van der Waals surface area contributed by atoms with E-state index in [1.807, 2.05) is 31.9 Å². The molecule has 5 heterocycles. The number of rotatable bonds is 5. The molecule has 0 bridgehead atoms. The van der Waals surface area contributed by atoms with Crippen molar-refractivity contribution in [3.05, 3.63) is 11.8 Å². The molecular formula is C29H43N7O5S. The summed E-state index contributed by atoms with van der Waals surface area (Å²) < 4.78 is 35.7. The van der Waals surface area contributed by atoms with E-state index < -0.39 is 21.2 Å². The van der Waals surface area contributed by atoms with Crippen LogP contribution in [0.15, 0.2) is 6.20 Å². The summed E-state index contributed by atoms with van der Waals surface area (Å²) in [6.07, 6.45) is 7.76. The summed E-state index contributed by atoms with van der Waals surface area (Å²) in [6.45, 7) is 9.86. The van der Waals surface area contributed by atoms with Gasteiger partial charge in [0.05, 0.1) is 5.41 Å². The van der Waals surface area contributed by atoms with Crippen molar-refractivity contribution >= 4 is 34.0 Å². The van der Waals surface area contributed by atoms with Gasteiger partial charge in [-0.3, -0.25) is 9.69 Å². The summed E-state index contributed by atoms with van der Waals surface area (Å²) in [5, 5.41) is 3.45. The van der Waals surface area contributed by atoms with Crippen molar-refractivity contribution < 1.29 is 22.7 Å². The van der Waals surface area contributed by atoms with E-state index in [1.165, 1.54) is 0 Å². The molecule has 7 rings (SSSR count). The highest BCUT2D eigenvalue weighted by molar-refractivity contribution is 7.86. The molecule has 4 aliphatic heterocycles. The minimum absolute atomic E-state index is 0.0404. The molecule has 2 saturated carbocycles. The normalized spacial score (nSPS) is 31.3. The van der Waals surface area contributed by atoms with Crippen molar-refractivity contribution in [3.8, 4) is 0 Å². The molecule has 0 radical (unpaired) electrons. The number of ether oxygens (including phenoxy) is 1. The van der Waals surface area contributed by atoms with E-state index in [9.17, 15) is 18.0 Å². The van der Waals surface area contributed by atoms with Crippen LogP contribution in [0.4, 0.5) is 16.6 Å². The van der Waals surface area contributed by atoms with E-state index in [0.29, 0.717) is 57.4 Å². The van der Waals surface area contributed by atoms with Crippen molar-refractivity contribution in [2.24, 2.45) is 11.8 Å². The van der Waals surface area contributed by atoms with Crippen LogP contribution in [0.3, 0.4) is 0 Å². The summed E-state index contributed by atoms with van der Waals surface area (Å²) in [7, 11) is -3.62. The molecule has 4 atom stereocenters. The van der Waals surface area contributed by atoms with Crippen LogP contribution < -0.4 is 10.2 Å². The third-order valence-corrected chi connectivity index (χ3v) is 12.3. The molecule has 3 saturated heterocycles. The number of hydrogen-bond donors (Lipinski definition) is 1. The average molecular weight is 602 g/mol. The maximum Gasteiger partial charge on any atom is 0.410 e. The molecular weight excluding hydrogens is 558 g/mol. The van der Waals surface area contributed by atoms with Gasteiger partial charge in [0.2, 0.25) is 11.9 Å². The maximum atomic E-state index is 13.5. The number of amides is 2.